The maximum Gasteiger partial charge on any atom is 0.306 e. The number of aryl methyl sites for hydroxylation is 1. The quantitative estimate of drug-likeness (QED) is 0.779. The van der Waals surface area contributed by atoms with Gasteiger partial charge in [0.15, 0.2) is 0 Å². The molecule has 18 heavy (non-hydrogen) atoms. The van der Waals surface area contributed by atoms with E-state index in [1.54, 1.807) is 6.92 Å². The van der Waals surface area contributed by atoms with Crippen LogP contribution in [0.3, 0.4) is 0 Å². The Morgan fingerprint density at radius 2 is 1.72 bits per heavy atom. The third kappa shape index (κ3) is 4.57. The Labute approximate surface area is 106 Å². The SMILES string of the molecule is CC(CC(CCc1ccccc1)C(=O)O)C(=O)O. The number of aliphatic carboxylic acids is 2. The van der Waals surface area contributed by atoms with Crippen molar-refractivity contribution in [1.82, 2.24) is 0 Å². The summed E-state index contributed by atoms with van der Waals surface area (Å²) in [6.45, 7) is 1.54. The van der Waals surface area contributed by atoms with E-state index in [9.17, 15) is 9.59 Å². The van der Waals surface area contributed by atoms with Crippen molar-refractivity contribution in [1.29, 1.82) is 0 Å². The van der Waals surface area contributed by atoms with Crippen molar-refractivity contribution < 1.29 is 19.8 Å². The van der Waals surface area contributed by atoms with E-state index in [0.717, 1.165) is 5.56 Å². The number of carbonyl (C=O) groups is 2. The van der Waals surface area contributed by atoms with Gasteiger partial charge in [-0.15, -0.1) is 0 Å². The van der Waals surface area contributed by atoms with Crippen LogP contribution in [0.5, 0.6) is 0 Å². The predicted molar refractivity (Wildman–Crippen MR) is 67.3 cm³/mol. The summed E-state index contributed by atoms with van der Waals surface area (Å²) in [6, 6.07) is 9.61. The summed E-state index contributed by atoms with van der Waals surface area (Å²) in [4.78, 5) is 21.8. The zero-order valence-corrected chi connectivity index (χ0v) is 10.4. The molecule has 0 fully saturated rings. The van der Waals surface area contributed by atoms with Crippen molar-refractivity contribution in [3.63, 3.8) is 0 Å². The number of hydrogen-bond donors (Lipinski definition) is 2. The first-order valence-electron chi connectivity index (χ1n) is 6.00. The minimum atomic E-state index is -0.944. The molecule has 0 saturated heterocycles. The number of carboxylic acids is 2. The van der Waals surface area contributed by atoms with E-state index in [4.69, 9.17) is 10.2 Å². The molecule has 0 aliphatic carbocycles. The van der Waals surface area contributed by atoms with Gasteiger partial charge in [-0.2, -0.15) is 0 Å². The average molecular weight is 250 g/mol. The monoisotopic (exact) mass is 250 g/mol. The molecule has 4 nitrogen and oxygen atoms in total. The standard InChI is InChI=1S/C14H18O4/c1-10(13(15)16)9-12(14(17)18)8-7-11-5-3-2-4-6-11/h2-6,10,12H,7-9H2,1H3,(H,15,16)(H,17,18). The first-order chi connectivity index (χ1) is 8.50. The molecule has 98 valence electrons. The molecule has 0 aliphatic rings. The molecule has 1 aromatic carbocycles. The summed E-state index contributed by atoms with van der Waals surface area (Å²) in [5.41, 5.74) is 1.08. The molecule has 1 rings (SSSR count). The van der Waals surface area contributed by atoms with Crippen LogP contribution in [0.25, 0.3) is 0 Å². The molecule has 4 heteroatoms. The lowest BCUT2D eigenvalue weighted by Crippen LogP contribution is -2.21. The van der Waals surface area contributed by atoms with E-state index in [0.29, 0.717) is 12.8 Å². The fourth-order valence-electron chi connectivity index (χ4n) is 1.86. The molecule has 0 spiro atoms. The van der Waals surface area contributed by atoms with Crippen molar-refractivity contribution in [3.8, 4) is 0 Å². The van der Waals surface area contributed by atoms with Crippen LogP contribution in [0, 0.1) is 11.8 Å². The van der Waals surface area contributed by atoms with Gasteiger partial charge in [0, 0.05) is 0 Å². The number of hydrogen-bond acceptors (Lipinski definition) is 2. The van der Waals surface area contributed by atoms with Crippen molar-refractivity contribution in [2.45, 2.75) is 26.2 Å². The molecule has 0 amide bonds. The van der Waals surface area contributed by atoms with Gasteiger partial charge < -0.3 is 10.2 Å². The van der Waals surface area contributed by atoms with Gasteiger partial charge in [-0.3, -0.25) is 9.59 Å². The van der Waals surface area contributed by atoms with E-state index in [1.165, 1.54) is 0 Å². The fourth-order valence-corrected chi connectivity index (χ4v) is 1.86. The lowest BCUT2D eigenvalue weighted by molar-refractivity contribution is -0.145. The minimum Gasteiger partial charge on any atom is -0.481 e. The number of benzene rings is 1. The zero-order chi connectivity index (χ0) is 13.5. The minimum absolute atomic E-state index is 0.178. The Hall–Kier alpha value is -1.84. The molecular weight excluding hydrogens is 232 g/mol. The topological polar surface area (TPSA) is 74.6 Å². The van der Waals surface area contributed by atoms with Crippen LogP contribution in [-0.2, 0) is 16.0 Å². The molecule has 0 aliphatic heterocycles. The Morgan fingerprint density at radius 3 is 2.22 bits per heavy atom. The third-order valence-electron chi connectivity index (χ3n) is 3.03. The van der Waals surface area contributed by atoms with Gasteiger partial charge in [-0.1, -0.05) is 37.3 Å². The van der Waals surface area contributed by atoms with Crippen LogP contribution >= 0.6 is 0 Å². The van der Waals surface area contributed by atoms with E-state index in [2.05, 4.69) is 0 Å². The molecule has 0 bridgehead atoms. The second kappa shape index (κ2) is 6.79. The van der Waals surface area contributed by atoms with E-state index < -0.39 is 23.8 Å². The lowest BCUT2D eigenvalue weighted by Gasteiger charge is -2.14. The van der Waals surface area contributed by atoms with E-state index in [1.807, 2.05) is 30.3 Å². The second-order valence-electron chi connectivity index (χ2n) is 4.53. The molecule has 0 saturated carbocycles. The molecule has 2 N–H and O–H groups in total. The average Bonchev–Trinajstić information content (AvgIpc) is 2.34. The molecule has 2 unspecified atom stereocenters. The van der Waals surface area contributed by atoms with Crippen molar-refractivity contribution >= 4 is 11.9 Å². The van der Waals surface area contributed by atoms with Gasteiger partial charge in [-0.25, -0.2) is 0 Å². The summed E-state index contributed by atoms with van der Waals surface area (Å²) >= 11 is 0. The summed E-state index contributed by atoms with van der Waals surface area (Å²) < 4.78 is 0. The van der Waals surface area contributed by atoms with E-state index >= 15 is 0 Å². The van der Waals surface area contributed by atoms with Crippen LogP contribution in [0.2, 0.25) is 0 Å². The van der Waals surface area contributed by atoms with Crippen LogP contribution in [-0.4, -0.2) is 22.2 Å². The number of rotatable bonds is 7. The third-order valence-corrected chi connectivity index (χ3v) is 3.03. The highest BCUT2D eigenvalue weighted by atomic mass is 16.4. The highest BCUT2D eigenvalue weighted by molar-refractivity contribution is 5.73. The Bertz CT molecular complexity index is 400. The Kier molecular flexibility index (Phi) is 5.36. The second-order valence-corrected chi connectivity index (χ2v) is 4.53. The lowest BCUT2D eigenvalue weighted by atomic mass is 9.90. The van der Waals surface area contributed by atoms with Gasteiger partial charge in [0.1, 0.15) is 0 Å². The largest absolute Gasteiger partial charge is 0.481 e. The van der Waals surface area contributed by atoms with Crippen molar-refractivity contribution in [2.24, 2.45) is 11.8 Å². The molecule has 0 aromatic heterocycles. The van der Waals surface area contributed by atoms with Crippen LogP contribution in [0.15, 0.2) is 30.3 Å². The van der Waals surface area contributed by atoms with Gasteiger partial charge in [0.2, 0.25) is 0 Å². The van der Waals surface area contributed by atoms with Crippen LogP contribution in [0.4, 0.5) is 0 Å². The summed E-state index contributed by atoms with van der Waals surface area (Å²) in [7, 11) is 0. The first-order valence-corrected chi connectivity index (χ1v) is 6.00. The predicted octanol–water partition coefficient (Wildman–Crippen LogP) is 2.43. The maximum atomic E-state index is 11.1. The summed E-state index contributed by atoms with van der Waals surface area (Å²) in [6.07, 6.45) is 1.30. The highest BCUT2D eigenvalue weighted by Gasteiger charge is 2.23. The van der Waals surface area contributed by atoms with Gasteiger partial charge >= 0.3 is 11.9 Å². The summed E-state index contributed by atoms with van der Waals surface area (Å²) in [5, 5.41) is 17.9. The molecule has 1 aromatic rings. The van der Waals surface area contributed by atoms with Crippen molar-refractivity contribution in [3.05, 3.63) is 35.9 Å². The Balaban J connectivity index is 2.53. The first kappa shape index (κ1) is 14.2. The summed E-state index contributed by atoms with van der Waals surface area (Å²) in [5.74, 6) is -3.09. The van der Waals surface area contributed by atoms with E-state index in [-0.39, 0.29) is 6.42 Å². The fraction of sp³-hybridized carbons (Fsp3) is 0.429. The van der Waals surface area contributed by atoms with Gasteiger partial charge in [-0.05, 0) is 24.8 Å². The highest BCUT2D eigenvalue weighted by Crippen LogP contribution is 2.19. The van der Waals surface area contributed by atoms with Gasteiger partial charge in [0.25, 0.3) is 0 Å². The van der Waals surface area contributed by atoms with Gasteiger partial charge in [0.05, 0.1) is 11.8 Å². The number of carboxylic acid groups (broad SMARTS) is 2. The maximum absolute atomic E-state index is 11.1. The van der Waals surface area contributed by atoms with Crippen LogP contribution in [0.1, 0.15) is 25.3 Å². The zero-order valence-electron chi connectivity index (χ0n) is 10.4. The van der Waals surface area contributed by atoms with Crippen LogP contribution < -0.4 is 0 Å². The molecule has 0 heterocycles. The normalized spacial score (nSPS) is 13.8. The smallest absolute Gasteiger partial charge is 0.306 e. The molecular formula is C14H18O4. The van der Waals surface area contributed by atoms with Crippen molar-refractivity contribution in [2.75, 3.05) is 0 Å². The Morgan fingerprint density at radius 1 is 1.11 bits per heavy atom. The molecule has 2 atom stereocenters. The molecule has 0 radical (unpaired) electrons.